The zero-order chi connectivity index (χ0) is 11.3. The molecule has 0 fully saturated rings. The van der Waals surface area contributed by atoms with Gasteiger partial charge in [-0.2, -0.15) is 5.10 Å². The maximum atomic E-state index is 5.83. The van der Waals surface area contributed by atoms with E-state index in [-0.39, 0.29) is 0 Å². The number of hydrogen-bond donors (Lipinski definition) is 1. The smallest absolute Gasteiger partial charge is 0.127 e. The van der Waals surface area contributed by atoms with Gasteiger partial charge in [-0.25, -0.2) is 0 Å². The van der Waals surface area contributed by atoms with Gasteiger partial charge in [0.25, 0.3) is 0 Å². The van der Waals surface area contributed by atoms with Crippen LogP contribution in [0.25, 0.3) is 0 Å². The molecule has 5 nitrogen and oxygen atoms in total. The molecule has 2 N–H and O–H groups in total. The van der Waals surface area contributed by atoms with Gasteiger partial charge in [0.1, 0.15) is 5.82 Å². The third-order valence-electron chi connectivity index (χ3n) is 2.22. The molecular formula is C10H19N3O2. The highest BCUT2D eigenvalue weighted by Gasteiger charge is 2.09. The normalized spacial score (nSPS) is 10.9. The van der Waals surface area contributed by atoms with Crippen LogP contribution < -0.4 is 5.73 Å². The predicted molar refractivity (Wildman–Crippen MR) is 58.5 cm³/mol. The standard InChI is InChI=1S/C10H19N3O2/c1-4-14-5-6-15-7-9-8(2)12-13(3)10(9)11/h4-7,11H2,1-3H3. The van der Waals surface area contributed by atoms with E-state index in [9.17, 15) is 0 Å². The van der Waals surface area contributed by atoms with Gasteiger partial charge in [0, 0.05) is 19.2 Å². The number of nitrogen functional groups attached to an aromatic ring is 1. The zero-order valence-corrected chi connectivity index (χ0v) is 9.62. The molecule has 5 heteroatoms. The number of nitrogens with two attached hydrogens (primary N) is 1. The average molecular weight is 213 g/mol. The molecule has 0 bridgehead atoms. The van der Waals surface area contributed by atoms with Crippen LogP contribution in [0.15, 0.2) is 0 Å². The van der Waals surface area contributed by atoms with Gasteiger partial charge < -0.3 is 15.2 Å². The van der Waals surface area contributed by atoms with Crippen molar-refractivity contribution >= 4 is 5.82 Å². The second kappa shape index (κ2) is 5.72. The Morgan fingerprint density at radius 3 is 2.53 bits per heavy atom. The topological polar surface area (TPSA) is 62.3 Å². The lowest BCUT2D eigenvalue weighted by Gasteiger charge is -2.04. The molecule has 15 heavy (non-hydrogen) atoms. The number of aromatic nitrogens is 2. The van der Waals surface area contributed by atoms with Gasteiger partial charge >= 0.3 is 0 Å². The molecule has 0 unspecified atom stereocenters. The zero-order valence-electron chi connectivity index (χ0n) is 9.62. The summed E-state index contributed by atoms with van der Waals surface area (Å²) in [6.07, 6.45) is 0. The molecule has 1 rings (SSSR count). The van der Waals surface area contributed by atoms with Crippen LogP contribution in [-0.4, -0.2) is 29.6 Å². The number of aryl methyl sites for hydroxylation is 2. The van der Waals surface area contributed by atoms with Crippen molar-refractivity contribution in [3.63, 3.8) is 0 Å². The Kier molecular flexibility index (Phi) is 4.58. The number of hydrogen-bond acceptors (Lipinski definition) is 4. The fourth-order valence-electron chi connectivity index (χ4n) is 1.33. The Bertz CT molecular complexity index is 310. The second-order valence-electron chi connectivity index (χ2n) is 3.32. The monoisotopic (exact) mass is 213 g/mol. The third-order valence-corrected chi connectivity index (χ3v) is 2.22. The van der Waals surface area contributed by atoms with Gasteiger partial charge in [0.05, 0.1) is 25.5 Å². The maximum Gasteiger partial charge on any atom is 0.127 e. The fraction of sp³-hybridized carbons (Fsp3) is 0.700. The van der Waals surface area contributed by atoms with Crippen LogP contribution in [0.2, 0.25) is 0 Å². The molecule has 0 aliphatic heterocycles. The quantitative estimate of drug-likeness (QED) is 0.712. The lowest BCUT2D eigenvalue weighted by atomic mass is 10.2. The molecule has 0 radical (unpaired) electrons. The summed E-state index contributed by atoms with van der Waals surface area (Å²) in [5.74, 6) is 0.670. The van der Waals surface area contributed by atoms with Gasteiger partial charge in [-0.05, 0) is 13.8 Å². The van der Waals surface area contributed by atoms with E-state index < -0.39 is 0 Å². The molecular weight excluding hydrogens is 194 g/mol. The van der Waals surface area contributed by atoms with Crippen LogP contribution in [0, 0.1) is 6.92 Å². The van der Waals surface area contributed by atoms with Crippen LogP contribution >= 0.6 is 0 Å². The lowest BCUT2D eigenvalue weighted by Crippen LogP contribution is -2.06. The summed E-state index contributed by atoms with van der Waals surface area (Å²) < 4.78 is 12.3. The summed E-state index contributed by atoms with van der Waals surface area (Å²) in [7, 11) is 1.83. The first-order valence-corrected chi connectivity index (χ1v) is 5.10. The van der Waals surface area contributed by atoms with Crippen LogP contribution in [0.1, 0.15) is 18.2 Å². The van der Waals surface area contributed by atoms with Crippen molar-refractivity contribution in [2.45, 2.75) is 20.5 Å². The molecule has 0 saturated heterocycles. The van der Waals surface area contributed by atoms with Gasteiger partial charge in [-0.1, -0.05) is 0 Å². The Balaban J connectivity index is 2.37. The SMILES string of the molecule is CCOCCOCc1c(C)nn(C)c1N. The lowest BCUT2D eigenvalue weighted by molar-refractivity contribution is 0.0453. The van der Waals surface area contributed by atoms with Crippen molar-refractivity contribution in [2.24, 2.45) is 7.05 Å². The van der Waals surface area contributed by atoms with Crippen molar-refractivity contribution < 1.29 is 9.47 Å². The van der Waals surface area contributed by atoms with Crippen molar-refractivity contribution in [3.05, 3.63) is 11.3 Å². The first-order valence-electron chi connectivity index (χ1n) is 5.10. The Morgan fingerprint density at radius 2 is 2.00 bits per heavy atom. The van der Waals surface area contributed by atoms with Gasteiger partial charge in [0.15, 0.2) is 0 Å². The molecule has 0 atom stereocenters. The van der Waals surface area contributed by atoms with Gasteiger partial charge in [0.2, 0.25) is 0 Å². The van der Waals surface area contributed by atoms with Crippen molar-refractivity contribution in [3.8, 4) is 0 Å². The number of nitrogens with zero attached hydrogens (tertiary/aromatic N) is 2. The van der Waals surface area contributed by atoms with Crippen LogP contribution in [-0.2, 0) is 23.1 Å². The molecule has 1 heterocycles. The fourth-order valence-corrected chi connectivity index (χ4v) is 1.33. The molecule has 1 aromatic rings. The number of rotatable bonds is 6. The first-order chi connectivity index (χ1) is 7.16. The van der Waals surface area contributed by atoms with Crippen LogP contribution in [0.3, 0.4) is 0 Å². The van der Waals surface area contributed by atoms with Gasteiger partial charge in [-0.15, -0.1) is 0 Å². The van der Waals surface area contributed by atoms with E-state index in [0.717, 1.165) is 17.9 Å². The van der Waals surface area contributed by atoms with E-state index >= 15 is 0 Å². The minimum atomic E-state index is 0.499. The largest absolute Gasteiger partial charge is 0.384 e. The Labute approximate surface area is 90.2 Å². The summed E-state index contributed by atoms with van der Waals surface area (Å²) >= 11 is 0. The van der Waals surface area contributed by atoms with Crippen molar-refractivity contribution in [2.75, 3.05) is 25.6 Å². The van der Waals surface area contributed by atoms with E-state index in [4.69, 9.17) is 15.2 Å². The average Bonchev–Trinajstić information content (AvgIpc) is 2.44. The van der Waals surface area contributed by atoms with E-state index in [0.29, 0.717) is 25.6 Å². The van der Waals surface area contributed by atoms with Crippen LogP contribution in [0.4, 0.5) is 5.82 Å². The van der Waals surface area contributed by atoms with E-state index in [1.165, 1.54) is 0 Å². The molecule has 0 amide bonds. The summed E-state index contributed by atoms with van der Waals surface area (Å²) in [6.45, 7) is 6.31. The highest BCUT2D eigenvalue weighted by Crippen LogP contribution is 2.15. The molecule has 0 spiro atoms. The van der Waals surface area contributed by atoms with Gasteiger partial charge in [-0.3, -0.25) is 4.68 Å². The summed E-state index contributed by atoms with van der Waals surface area (Å²) in [5.41, 5.74) is 7.72. The summed E-state index contributed by atoms with van der Waals surface area (Å²) in [6, 6.07) is 0. The Hall–Kier alpha value is -1.07. The molecule has 0 aliphatic rings. The van der Waals surface area contributed by atoms with Crippen molar-refractivity contribution in [1.82, 2.24) is 9.78 Å². The first kappa shape index (κ1) is 12.0. The third kappa shape index (κ3) is 3.21. The highest BCUT2D eigenvalue weighted by molar-refractivity contribution is 5.42. The summed E-state index contributed by atoms with van der Waals surface area (Å²) in [4.78, 5) is 0. The van der Waals surface area contributed by atoms with E-state index in [1.54, 1.807) is 4.68 Å². The Morgan fingerprint density at radius 1 is 1.33 bits per heavy atom. The van der Waals surface area contributed by atoms with Crippen molar-refractivity contribution in [1.29, 1.82) is 0 Å². The maximum absolute atomic E-state index is 5.83. The predicted octanol–water partition coefficient (Wildman–Crippen LogP) is 0.864. The molecule has 0 saturated carbocycles. The van der Waals surface area contributed by atoms with E-state index in [2.05, 4.69) is 5.10 Å². The minimum absolute atomic E-state index is 0.499. The molecule has 86 valence electrons. The molecule has 1 aromatic heterocycles. The molecule has 0 aliphatic carbocycles. The van der Waals surface area contributed by atoms with E-state index in [1.807, 2.05) is 20.9 Å². The number of anilines is 1. The minimum Gasteiger partial charge on any atom is -0.384 e. The highest BCUT2D eigenvalue weighted by atomic mass is 16.5. The molecule has 0 aromatic carbocycles. The second-order valence-corrected chi connectivity index (χ2v) is 3.32. The van der Waals surface area contributed by atoms with Crippen LogP contribution in [0.5, 0.6) is 0 Å². The summed E-state index contributed by atoms with van der Waals surface area (Å²) in [5, 5.41) is 4.21. The number of ether oxygens (including phenoxy) is 2.